The first-order valence-electron chi connectivity index (χ1n) is 9.77. The average molecular weight is 381 g/mol. The molecule has 0 radical (unpaired) electrons. The van der Waals surface area contributed by atoms with Crippen molar-refractivity contribution in [2.24, 2.45) is 0 Å². The number of benzene rings is 1. The second-order valence-electron chi connectivity index (χ2n) is 7.09. The summed E-state index contributed by atoms with van der Waals surface area (Å²) in [7, 11) is 0. The number of morpholine rings is 1. The molecule has 2 saturated heterocycles. The fourth-order valence-corrected chi connectivity index (χ4v) is 3.71. The molecule has 148 valence electrons. The zero-order chi connectivity index (χ0) is 19.3. The third-order valence-electron chi connectivity index (χ3n) is 5.23. The molecule has 0 bridgehead atoms. The van der Waals surface area contributed by atoms with Gasteiger partial charge in [0.25, 0.3) is 0 Å². The largest absolute Gasteiger partial charge is 0.378 e. The molecule has 0 amide bonds. The Morgan fingerprint density at radius 3 is 2.61 bits per heavy atom. The van der Waals surface area contributed by atoms with Crippen molar-refractivity contribution in [2.45, 2.75) is 6.92 Å². The van der Waals surface area contributed by atoms with E-state index in [1.54, 1.807) is 6.33 Å². The minimum Gasteiger partial charge on any atom is -0.378 e. The lowest BCUT2D eigenvalue weighted by atomic mass is 10.1. The Kier molecular flexibility index (Phi) is 5.68. The monoisotopic (exact) mass is 381 g/mol. The SMILES string of the molecule is Cc1cc(C=N)c(Nc2cc(N3CCOCC3)ncn2)cc1N1CCNCC1. The molecule has 0 spiro atoms. The molecule has 2 aromatic rings. The van der Waals surface area contributed by atoms with Crippen molar-refractivity contribution in [3.63, 3.8) is 0 Å². The summed E-state index contributed by atoms with van der Waals surface area (Å²) < 4.78 is 5.42. The molecule has 0 unspecified atom stereocenters. The van der Waals surface area contributed by atoms with Crippen LogP contribution in [0.1, 0.15) is 11.1 Å². The Bertz CT molecular complexity index is 829. The molecular weight excluding hydrogens is 354 g/mol. The Labute approximate surface area is 165 Å². The molecule has 2 fully saturated rings. The second kappa shape index (κ2) is 8.53. The highest BCUT2D eigenvalue weighted by Crippen LogP contribution is 2.30. The van der Waals surface area contributed by atoms with Gasteiger partial charge >= 0.3 is 0 Å². The first kappa shape index (κ1) is 18.6. The van der Waals surface area contributed by atoms with Gasteiger partial charge in [-0.05, 0) is 24.6 Å². The van der Waals surface area contributed by atoms with E-state index < -0.39 is 0 Å². The maximum atomic E-state index is 7.82. The van der Waals surface area contributed by atoms with E-state index in [0.29, 0.717) is 0 Å². The van der Waals surface area contributed by atoms with Crippen LogP contribution in [0.5, 0.6) is 0 Å². The lowest BCUT2D eigenvalue weighted by Crippen LogP contribution is -2.43. The molecule has 0 atom stereocenters. The van der Waals surface area contributed by atoms with Gasteiger partial charge in [-0.15, -0.1) is 0 Å². The average Bonchev–Trinajstić information content (AvgIpc) is 2.76. The van der Waals surface area contributed by atoms with Gasteiger partial charge in [0.05, 0.1) is 18.9 Å². The Morgan fingerprint density at radius 1 is 1.07 bits per heavy atom. The van der Waals surface area contributed by atoms with Gasteiger partial charge in [0, 0.05) is 62.8 Å². The molecule has 2 aliphatic heterocycles. The van der Waals surface area contributed by atoms with Gasteiger partial charge in [-0.25, -0.2) is 9.97 Å². The van der Waals surface area contributed by atoms with Crippen LogP contribution in [0.15, 0.2) is 24.5 Å². The molecule has 8 nitrogen and oxygen atoms in total. The van der Waals surface area contributed by atoms with Crippen molar-refractivity contribution >= 4 is 29.2 Å². The lowest BCUT2D eigenvalue weighted by molar-refractivity contribution is 0.122. The summed E-state index contributed by atoms with van der Waals surface area (Å²) in [6.45, 7) is 9.16. The number of piperazine rings is 1. The smallest absolute Gasteiger partial charge is 0.135 e. The molecule has 3 heterocycles. The molecule has 2 aliphatic rings. The predicted molar refractivity (Wildman–Crippen MR) is 112 cm³/mol. The summed E-state index contributed by atoms with van der Waals surface area (Å²) in [4.78, 5) is 13.4. The molecule has 1 aromatic carbocycles. The zero-order valence-electron chi connectivity index (χ0n) is 16.2. The molecule has 8 heteroatoms. The first-order valence-corrected chi connectivity index (χ1v) is 9.77. The van der Waals surface area contributed by atoms with Crippen LogP contribution in [0.3, 0.4) is 0 Å². The van der Waals surface area contributed by atoms with Crippen molar-refractivity contribution < 1.29 is 4.74 Å². The van der Waals surface area contributed by atoms with Gasteiger partial charge in [-0.2, -0.15) is 0 Å². The molecule has 4 rings (SSSR count). The highest BCUT2D eigenvalue weighted by Gasteiger charge is 2.16. The van der Waals surface area contributed by atoms with E-state index in [2.05, 4.69) is 49.5 Å². The summed E-state index contributed by atoms with van der Waals surface area (Å²) in [6.07, 6.45) is 2.98. The van der Waals surface area contributed by atoms with Gasteiger partial charge in [-0.1, -0.05) is 0 Å². The number of nitrogens with zero attached hydrogens (tertiary/aromatic N) is 4. The number of aromatic nitrogens is 2. The van der Waals surface area contributed by atoms with Gasteiger partial charge in [0.1, 0.15) is 18.0 Å². The predicted octanol–water partition coefficient (Wildman–Crippen LogP) is 1.77. The van der Waals surface area contributed by atoms with E-state index in [4.69, 9.17) is 10.1 Å². The van der Waals surface area contributed by atoms with Crippen LogP contribution in [0.2, 0.25) is 0 Å². The van der Waals surface area contributed by atoms with Crippen LogP contribution < -0.4 is 20.4 Å². The molecule has 0 saturated carbocycles. The standard InChI is InChI=1S/C20H27N7O/c1-15-10-16(13-21)17(11-18(15)26-4-2-22-3-5-26)25-19-12-20(24-14-23-19)27-6-8-28-9-7-27/h10-14,21-22H,2-9H2,1H3,(H,23,24,25). The van der Waals surface area contributed by atoms with Crippen molar-refractivity contribution in [3.8, 4) is 0 Å². The van der Waals surface area contributed by atoms with Crippen LogP contribution in [-0.2, 0) is 4.74 Å². The van der Waals surface area contributed by atoms with Crippen LogP contribution in [-0.4, -0.2) is 68.7 Å². The van der Waals surface area contributed by atoms with E-state index in [0.717, 1.165) is 75.4 Å². The van der Waals surface area contributed by atoms with Crippen LogP contribution in [0.25, 0.3) is 0 Å². The Hall–Kier alpha value is -2.71. The van der Waals surface area contributed by atoms with Gasteiger partial charge in [-0.3, -0.25) is 0 Å². The summed E-state index contributed by atoms with van der Waals surface area (Å²) in [5.41, 5.74) is 4.13. The number of hydrogen-bond acceptors (Lipinski definition) is 8. The van der Waals surface area contributed by atoms with Crippen molar-refractivity contribution in [2.75, 3.05) is 67.6 Å². The van der Waals surface area contributed by atoms with E-state index in [1.807, 2.05) is 6.07 Å². The van der Waals surface area contributed by atoms with E-state index >= 15 is 0 Å². The third-order valence-corrected chi connectivity index (χ3v) is 5.23. The van der Waals surface area contributed by atoms with E-state index in [-0.39, 0.29) is 0 Å². The fourth-order valence-electron chi connectivity index (χ4n) is 3.71. The van der Waals surface area contributed by atoms with Crippen molar-refractivity contribution in [1.29, 1.82) is 5.41 Å². The highest BCUT2D eigenvalue weighted by molar-refractivity contribution is 5.89. The first-order chi connectivity index (χ1) is 13.7. The molecular formula is C20H27N7O. The summed E-state index contributed by atoms with van der Waals surface area (Å²) in [5, 5.41) is 14.6. The normalized spacial score (nSPS) is 17.5. The minimum absolute atomic E-state index is 0.719. The summed E-state index contributed by atoms with van der Waals surface area (Å²) in [6, 6.07) is 6.16. The molecule has 0 aliphatic carbocycles. The minimum atomic E-state index is 0.719. The zero-order valence-corrected chi connectivity index (χ0v) is 16.2. The number of anilines is 4. The molecule has 1 aromatic heterocycles. The lowest BCUT2D eigenvalue weighted by Gasteiger charge is -2.31. The maximum absolute atomic E-state index is 7.82. The quantitative estimate of drug-likeness (QED) is 0.680. The molecule has 28 heavy (non-hydrogen) atoms. The highest BCUT2D eigenvalue weighted by atomic mass is 16.5. The van der Waals surface area contributed by atoms with Crippen molar-refractivity contribution in [1.82, 2.24) is 15.3 Å². The maximum Gasteiger partial charge on any atom is 0.135 e. The van der Waals surface area contributed by atoms with Crippen LogP contribution in [0, 0.1) is 12.3 Å². The summed E-state index contributed by atoms with van der Waals surface area (Å²) >= 11 is 0. The number of hydrogen-bond donors (Lipinski definition) is 3. The van der Waals surface area contributed by atoms with Gasteiger partial charge in [0.15, 0.2) is 0 Å². The number of ether oxygens (including phenoxy) is 1. The molecule has 3 N–H and O–H groups in total. The number of aryl methyl sites for hydroxylation is 1. The summed E-state index contributed by atoms with van der Waals surface area (Å²) in [5.74, 6) is 1.63. The number of nitrogens with one attached hydrogen (secondary N) is 3. The number of rotatable bonds is 5. The third kappa shape index (κ3) is 4.07. The van der Waals surface area contributed by atoms with Crippen LogP contribution in [0.4, 0.5) is 23.0 Å². The Balaban J connectivity index is 1.60. The fraction of sp³-hybridized carbons (Fsp3) is 0.450. The van der Waals surface area contributed by atoms with Crippen LogP contribution >= 0.6 is 0 Å². The van der Waals surface area contributed by atoms with Crippen molar-refractivity contribution in [3.05, 3.63) is 35.7 Å². The van der Waals surface area contributed by atoms with E-state index in [9.17, 15) is 0 Å². The van der Waals surface area contributed by atoms with E-state index in [1.165, 1.54) is 17.5 Å². The van der Waals surface area contributed by atoms with Gasteiger partial charge < -0.3 is 30.6 Å². The Morgan fingerprint density at radius 2 is 1.86 bits per heavy atom. The second-order valence-corrected chi connectivity index (χ2v) is 7.09. The topological polar surface area (TPSA) is 89.4 Å². The van der Waals surface area contributed by atoms with Gasteiger partial charge in [0.2, 0.25) is 0 Å².